The summed E-state index contributed by atoms with van der Waals surface area (Å²) >= 11 is 0. The molecular weight excluding hydrogens is 593 g/mol. The Hall–Kier alpha value is -3.98. The van der Waals surface area contributed by atoms with Crippen molar-refractivity contribution in [2.45, 2.75) is 52.0 Å². The van der Waals surface area contributed by atoms with Crippen LogP contribution >= 0.6 is 21.6 Å². The lowest BCUT2D eigenvalue weighted by Gasteiger charge is -2.22. The molecule has 46 heavy (non-hydrogen) atoms. The zero-order chi connectivity index (χ0) is 32.2. The van der Waals surface area contributed by atoms with Crippen molar-refractivity contribution in [2.75, 3.05) is 0 Å². The first-order valence-corrected chi connectivity index (χ1v) is 18.4. The Bertz CT molecular complexity index is 1840. The predicted molar refractivity (Wildman–Crippen MR) is 206 cm³/mol. The summed E-state index contributed by atoms with van der Waals surface area (Å²) in [4.78, 5) is 0. The van der Waals surface area contributed by atoms with E-state index in [1.807, 2.05) is 21.6 Å². The fourth-order valence-corrected chi connectivity index (χ4v) is 8.80. The summed E-state index contributed by atoms with van der Waals surface area (Å²) in [5.74, 6) is 0. The van der Waals surface area contributed by atoms with Crippen LogP contribution in [-0.2, 0) is 0 Å². The van der Waals surface area contributed by atoms with Gasteiger partial charge in [0.15, 0.2) is 0 Å². The zero-order valence-electron chi connectivity index (χ0n) is 27.7. The molecule has 0 unspecified atom stereocenters. The van der Waals surface area contributed by atoms with E-state index >= 15 is 0 Å². The van der Waals surface area contributed by atoms with Gasteiger partial charge in [0.2, 0.25) is 0 Å². The minimum atomic E-state index is 0.309. The molecule has 0 spiro atoms. The molecule has 230 valence electrons. The minimum absolute atomic E-state index is 0.309. The van der Waals surface area contributed by atoms with Gasteiger partial charge >= 0.3 is 0 Å². The molecule has 0 aromatic heterocycles. The van der Waals surface area contributed by atoms with E-state index in [4.69, 9.17) is 0 Å². The molecule has 0 aliphatic heterocycles. The molecule has 6 aromatic rings. The first-order valence-electron chi connectivity index (χ1n) is 16.1. The van der Waals surface area contributed by atoms with Crippen molar-refractivity contribution in [1.82, 2.24) is 0 Å². The van der Waals surface area contributed by atoms with Crippen LogP contribution in [0.3, 0.4) is 0 Å². The van der Waals surface area contributed by atoms with Gasteiger partial charge in [-0.05, 0) is 109 Å². The smallest absolute Gasteiger partial charge is 0.0379 e. The Kier molecular flexibility index (Phi) is 9.87. The maximum atomic E-state index is 2.39. The van der Waals surface area contributed by atoms with Crippen molar-refractivity contribution in [3.63, 3.8) is 0 Å². The zero-order valence-corrected chi connectivity index (χ0v) is 29.3. The van der Waals surface area contributed by atoms with E-state index in [9.17, 15) is 0 Å². The van der Waals surface area contributed by atoms with Crippen molar-refractivity contribution in [3.05, 3.63) is 167 Å². The van der Waals surface area contributed by atoms with Gasteiger partial charge in [0, 0.05) is 10.5 Å². The number of hydrogen-bond acceptors (Lipinski definition) is 2. The maximum absolute atomic E-state index is 2.39. The quantitative estimate of drug-likeness (QED) is 0.145. The first kappa shape index (κ1) is 32.0. The molecule has 0 bridgehead atoms. The largest absolute Gasteiger partial charge is 0.0856 e. The predicted octanol–water partition coefficient (Wildman–Crippen LogP) is 13.8. The van der Waals surface area contributed by atoms with Gasteiger partial charge in [0.25, 0.3) is 0 Å². The third-order valence-electron chi connectivity index (χ3n) is 8.69. The standard InChI is InChI=1S/C44H42S2/c1-29-11-7-15-35(23-29)37-19-21-41(43(27-37)39-17-9-13-31(3)25-39)33(5)45-46-34(6)42-22-20-38(36-16-8-12-30(2)24-36)28-44(42)40-18-10-14-32(4)26-40/h7-28,33-34H,1-6H3/t33-,34-/m1/s1. The van der Waals surface area contributed by atoms with E-state index in [-0.39, 0.29) is 0 Å². The van der Waals surface area contributed by atoms with Crippen LogP contribution in [0.2, 0.25) is 0 Å². The van der Waals surface area contributed by atoms with Gasteiger partial charge in [-0.2, -0.15) is 0 Å². The Morgan fingerprint density at radius 2 is 0.652 bits per heavy atom. The molecule has 0 heterocycles. The molecule has 6 aromatic carbocycles. The van der Waals surface area contributed by atoms with Crippen LogP contribution in [0.15, 0.2) is 133 Å². The van der Waals surface area contributed by atoms with Gasteiger partial charge in [-0.15, -0.1) is 0 Å². The molecule has 0 fully saturated rings. The molecule has 0 amide bonds. The van der Waals surface area contributed by atoms with Gasteiger partial charge in [0.1, 0.15) is 0 Å². The van der Waals surface area contributed by atoms with Crippen LogP contribution in [0.1, 0.15) is 57.7 Å². The maximum Gasteiger partial charge on any atom is 0.0379 e. The lowest BCUT2D eigenvalue weighted by atomic mass is 9.92. The first-order chi connectivity index (χ1) is 22.2. The van der Waals surface area contributed by atoms with Gasteiger partial charge in [-0.25, -0.2) is 0 Å². The lowest BCUT2D eigenvalue weighted by Crippen LogP contribution is -1.96. The fourth-order valence-electron chi connectivity index (χ4n) is 6.23. The Balaban J connectivity index is 1.31. The number of benzene rings is 6. The SMILES string of the molecule is Cc1cccc(-c2ccc([C@@H](C)SS[C@H](C)c3ccc(-c4cccc(C)c4)cc3-c3cccc(C)c3)c(-c3cccc(C)c3)c2)c1. The average Bonchev–Trinajstić information content (AvgIpc) is 3.06. The Morgan fingerprint density at radius 3 is 1.00 bits per heavy atom. The number of rotatable bonds is 9. The van der Waals surface area contributed by atoms with E-state index in [0.717, 1.165) is 0 Å². The van der Waals surface area contributed by atoms with E-state index in [0.29, 0.717) is 10.5 Å². The van der Waals surface area contributed by atoms with Gasteiger partial charge in [-0.3, -0.25) is 0 Å². The summed E-state index contributed by atoms with van der Waals surface area (Å²) in [5, 5.41) is 0.618. The normalized spacial score (nSPS) is 12.6. The number of aryl methyl sites for hydroxylation is 4. The molecule has 0 N–H and O–H groups in total. The summed E-state index contributed by atoms with van der Waals surface area (Å²) < 4.78 is 0. The average molecular weight is 635 g/mol. The van der Waals surface area contributed by atoms with E-state index in [2.05, 4.69) is 175 Å². The highest BCUT2D eigenvalue weighted by Crippen LogP contribution is 2.50. The van der Waals surface area contributed by atoms with Crippen molar-refractivity contribution in [3.8, 4) is 44.5 Å². The van der Waals surface area contributed by atoms with Crippen molar-refractivity contribution < 1.29 is 0 Å². The van der Waals surface area contributed by atoms with E-state index in [1.54, 1.807) is 0 Å². The minimum Gasteiger partial charge on any atom is -0.0856 e. The molecule has 0 saturated carbocycles. The Morgan fingerprint density at radius 1 is 0.348 bits per heavy atom. The van der Waals surface area contributed by atoms with Crippen LogP contribution in [0.25, 0.3) is 44.5 Å². The van der Waals surface area contributed by atoms with Crippen LogP contribution in [0, 0.1) is 27.7 Å². The molecule has 0 aliphatic carbocycles. The molecular formula is C44H42S2. The van der Waals surface area contributed by atoms with Gasteiger partial charge in [0.05, 0.1) is 0 Å². The molecule has 2 atom stereocenters. The molecule has 0 saturated heterocycles. The molecule has 0 nitrogen and oxygen atoms in total. The van der Waals surface area contributed by atoms with Gasteiger partial charge in [-0.1, -0.05) is 165 Å². The van der Waals surface area contributed by atoms with Crippen molar-refractivity contribution in [1.29, 1.82) is 0 Å². The molecule has 0 aliphatic rings. The summed E-state index contributed by atoms with van der Waals surface area (Å²) in [6.45, 7) is 13.4. The summed E-state index contributed by atoms with van der Waals surface area (Å²) in [6.07, 6.45) is 0. The fraction of sp³-hybridized carbons (Fsp3) is 0.182. The van der Waals surface area contributed by atoms with Crippen molar-refractivity contribution in [2.24, 2.45) is 0 Å². The highest BCUT2D eigenvalue weighted by atomic mass is 33.1. The van der Waals surface area contributed by atoms with Crippen LogP contribution in [0.5, 0.6) is 0 Å². The summed E-state index contributed by atoms with van der Waals surface area (Å²) in [7, 11) is 3.95. The second kappa shape index (κ2) is 14.2. The monoisotopic (exact) mass is 634 g/mol. The summed E-state index contributed by atoms with van der Waals surface area (Å²) in [5.41, 5.74) is 18.1. The lowest BCUT2D eigenvalue weighted by molar-refractivity contribution is 1.10. The topological polar surface area (TPSA) is 0 Å². The van der Waals surface area contributed by atoms with Crippen LogP contribution < -0.4 is 0 Å². The summed E-state index contributed by atoms with van der Waals surface area (Å²) in [6, 6.07) is 49.6. The third-order valence-corrected chi connectivity index (χ3v) is 11.9. The second-order valence-electron chi connectivity index (χ2n) is 12.6. The molecule has 0 radical (unpaired) electrons. The van der Waals surface area contributed by atoms with Crippen LogP contribution in [0.4, 0.5) is 0 Å². The van der Waals surface area contributed by atoms with Crippen molar-refractivity contribution >= 4 is 21.6 Å². The van der Waals surface area contributed by atoms with E-state index < -0.39 is 0 Å². The highest BCUT2D eigenvalue weighted by Gasteiger charge is 2.19. The van der Waals surface area contributed by atoms with Gasteiger partial charge < -0.3 is 0 Å². The number of hydrogen-bond donors (Lipinski definition) is 0. The molecule has 6 rings (SSSR count). The Labute approximate surface area is 283 Å². The molecule has 2 heteroatoms. The third kappa shape index (κ3) is 7.35. The van der Waals surface area contributed by atoms with Crippen LogP contribution in [-0.4, -0.2) is 0 Å². The second-order valence-corrected chi connectivity index (χ2v) is 15.5. The van der Waals surface area contributed by atoms with E-state index in [1.165, 1.54) is 77.9 Å². The highest BCUT2D eigenvalue weighted by molar-refractivity contribution is 8.76.